The Labute approximate surface area is 129 Å². The summed E-state index contributed by atoms with van der Waals surface area (Å²) in [5.74, 6) is 0.403. The van der Waals surface area contributed by atoms with Crippen molar-refractivity contribution in [3.63, 3.8) is 0 Å². The van der Waals surface area contributed by atoms with Crippen LogP contribution in [0.4, 0.5) is 0 Å². The molecule has 2 fully saturated rings. The normalized spacial score (nSPS) is 26.0. The molecule has 2 aliphatic rings. The molecule has 4 heteroatoms. The highest BCUT2D eigenvalue weighted by molar-refractivity contribution is 5.82. The van der Waals surface area contributed by atoms with Crippen LogP contribution in [0, 0.1) is 5.92 Å². The van der Waals surface area contributed by atoms with E-state index in [0.29, 0.717) is 18.6 Å². The molecule has 0 radical (unpaired) electrons. The monoisotopic (exact) mass is 296 g/mol. The summed E-state index contributed by atoms with van der Waals surface area (Å²) in [4.78, 5) is 15.3. The Balaban J connectivity index is 2.18. The summed E-state index contributed by atoms with van der Waals surface area (Å²) in [5, 5.41) is 3.60. The quantitative estimate of drug-likeness (QED) is 0.699. The van der Waals surface area contributed by atoms with E-state index >= 15 is 0 Å². The zero-order chi connectivity index (χ0) is 15.5. The first kappa shape index (κ1) is 16.8. The number of likely N-dealkylation sites (tertiary alicyclic amines) is 1. The predicted octanol–water partition coefficient (Wildman–Crippen LogP) is 2.57. The van der Waals surface area contributed by atoms with Crippen molar-refractivity contribution < 1.29 is 9.53 Å². The molecule has 2 rings (SSSR count). The van der Waals surface area contributed by atoms with Gasteiger partial charge in [-0.2, -0.15) is 0 Å². The molecule has 0 amide bonds. The fourth-order valence-corrected chi connectivity index (χ4v) is 3.82. The van der Waals surface area contributed by atoms with Crippen molar-refractivity contribution in [2.45, 2.75) is 77.4 Å². The molecule has 2 atom stereocenters. The van der Waals surface area contributed by atoms with Crippen molar-refractivity contribution in [3.05, 3.63) is 0 Å². The number of rotatable bonds is 8. The Morgan fingerprint density at radius 2 is 2.05 bits per heavy atom. The number of nitrogens with zero attached hydrogens (tertiary/aromatic N) is 1. The summed E-state index contributed by atoms with van der Waals surface area (Å²) in [5.41, 5.74) is -0.498. The van der Waals surface area contributed by atoms with Gasteiger partial charge in [0.05, 0.1) is 6.61 Å². The fraction of sp³-hybridized carbons (Fsp3) is 0.941. The van der Waals surface area contributed by atoms with E-state index in [4.69, 9.17) is 4.74 Å². The number of esters is 1. The number of hydrogen-bond donors (Lipinski definition) is 1. The van der Waals surface area contributed by atoms with E-state index in [2.05, 4.69) is 31.0 Å². The van der Waals surface area contributed by atoms with Gasteiger partial charge in [-0.1, -0.05) is 6.92 Å². The number of ether oxygens (including phenoxy) is 1. The fourth-order valence-electron chi connectivity index (χ4n) is 3.82. The smallest absolute Gasteiger partial charge is 0.327 e. The highest BCUT2D eigenvalue weighted by Crippen LogP contribution is 2.42. The molecule has 0 spiro atoms. The maximum absolute atomic E-state index is 12.8. The summed E-state index contributed by atoms with van der Waals surface area (Å²) in [6, 6.07) is 0.921. The summed E-state index contributed by atoms with van der Waals surface area (Å²) in [6.45, 7) is 10.8. The Hall–Kier alpha value is -0.610. The highest BCUT2D eigenvalue weighted by atomic mass is 16.5. The lowest BCUT2D eigenvalue weighted by Crippen LogP contribution is -2.63. The molecular weight excluding hydrogens is 264 g/mol. The number of carbonyl (C=O) groups is 1. The molecule has 122 valence electrons. The standard InChI is InChI=1S/C17H32N2O2/c1-5-15-8-7-11-19(15)12-17(14-9-10-14,18-13(3)4)16(20)21-6-2/h13-15,18H,5-12H2,1-4H3. The average molecular weight is 296 g/mol. The maximum atomic E-state index is 12.8. The van der Waals surface area contributed by atoms with E-state index in [1.165, 1.54) is 19.3 Å². The minimum absolute atomic E-state index is 0.0389. The second kappa shape index (κ2) is 7.10. The third kappa shape index (κ3) is 3.78. The summed E-state index contributed by atoms with van der Waals surface area (Å²) in [6.07, 6.45) is 5.98. The van der Waals surface area contributed by atoms with E-state index in [9.17, 15) is 4.79 Å². The van der Waals surface area contributed by atoms with Crippen molar-refractivity contribution in [2.24, 2.45) is 5.92 Å². The lowest BCUT2D eigenvalue weighted by molar-refractivity contribution is -0.154. The molecular formula is C17H32N2O2. The molecule has 1 saturated carbocycles. The molecule has 21 heavy (non-hydrogen) atoms. The van der Waals surface area contributed by atoms with Gasteiger partial charge in [-0.15, -0.1) is 0 Å². The predicted molar refractivity (Wildman–Crippen MR) is 85.2 cm³/mol. The molecule has 1 aliphatic carbocycles. The Bertz CT molecular complexity index is 355. The van der Waals surface area contributed by atoms with Gasteiger partial charge in [0.1, 0.15) is 5.54 Å². The Morgan fingerprint density at radius 3 is 2.57 bits per heavy atom. The van der Waals surface area contributed by atoms with Gasteiger partial charge in [-0.25, -0.2) is 4.79 Å². The molecule has 0 aromatic carbocycles. The Morgan fingerprint density at radius 1 is 1.33 bits per heavy atom. The zero-order valence-corrected chi connectivity index (χ0v) is 14.2. The first-order valence-corrected chi connectivity index (χ1v) is 8.72. The first-order chi connectivity index (χ1) is 10.0. The van der Waals surface area contributed by atoms with Crippen LogP contribution in [0.3, 0.4) is 0 Å². The van der Waals surface area contributed by atoms with Crippen molar-refractivity contribution in [3.8, 4) is 0 Å². The minimum atomic E-state index is -0.498. The van der Waals surface area contributed by atoms with E-state index < -0.39 is 5.54 Å². The van der Waals surface area contributed by atoms with Crippen LogP contribution in [0.25, 0.3) is 0 Å². The van der Waals surface area contributed by atoms with Crippen LogP contribution < -0.4 is 5.32 Å². The largest absolute Gasteiger partial charge is 0.465 e. The van der Waals surface area contributed by atoms with E-state index in [1.807, 2.05) is 6.92 Å². The number of hydrogen-bond acceptors (Lipinski definition) is 4. The first-order valence-electron chi connectivity index (χ1n) is 8.72. The van der Waals surface area contributed by atoms with E-state index in [-0.39, 0.29) is 12.0 Å². The molecule has 1 N–H and O–H groups in total. The van der Waals surface area contributed by atoms with Crippen LogP contribution in [-0.4, -0.2) is 48.2 Å². The molecule has 0 aromatic heterocycles. The van der Waals surface area contributed by atoms with Gasteiger partial charge in [0.15, 0.2) is 0 Å². The second-order valence-electron chi connectivity index (χ2n) is 6.94. The second-order valence-corrected chi connectivity index (χ2v) is 6.94. The van der Waals surface area contributed by atoms with Crippen LogP contribution in [0.2, 0.25) is 0 Å². The van der Waals surface area contributed by atoms with Crippen LogP contribution in [0.1, 0.15) is 59.8 Å². The zero-order valence-electron chi connectivity index (χ0n) is 14.2. The van der Waals surface area contributed by atoms with Crippen LogP contribution >= 0.6 is 0 Å². The van der Waals surface area contributed by atoms with Gasteiger partial charge in [0.25, 0.3) is 0 Å². The lowest BCUT2D eigenvalue weighted by atomic mass is 9.90. The van der Waals surface area contributed by atoms with Crippen LogP contribution in [0.5, 0.6) is 0 Å². The van der Waals surface area contributed by atoms with Gasteiger partial charge >= 0.3 is 5.97 Å². The molecule has 2 unspecified atom stereocenters. The van der Waals surface area contributed by atoms with Gasteiger partial charge in [-0.3, -0.25) is 10.2 Å². The van der Waals surface area contributed by atoms with E-state index in [0.717, 1.165) is 25.9 Å². The molecule has 1 aliphatic heterocycles. The van der Waals surface area contributed by atoms with Crippen molar-refractivity contribution in [1.29, 1.82) is 0 Å². The summed E-state index contributed by atoms with van der Waals surface area (Å²) >= 11 is 0. The topological polar surface area (TPSA) is 41.6 Å². The SMILES string of the molecule is CCOC(=O)C(CN1CCCC1CC)(NC(C)C)C1CC1. The maximum Gasteiger partial charge on any atom is 0.327 e. The van der Waals surface area contributed by atoms with Crippen molar-refractivity contribution in [1.82, 2.24) is 10.2 Å². The van der Waals surface area contributed by atoms with Crippen molar-refractivity contribution in [2.75, 3.05) is 19.7 Å². The van der Waals surface area contributed by atoms with Crippen LogP contribution in [0.15, 0.2) is 0 Å². The summed E-state index contributed by atoms with van der Waals surface area (Å²) in [7, 11) is 0. The van der Waals surface area contributed by atoms with Crippen LogP contribution in [-0.2, 0) is 9.53 Å². The van der Waals surface area contributed by atoms with Gasteiger partial charge in [-0.05, 0) is 65.3 Å². The molecule has 0 bridgehead atoms. The third-order valence-corrected chi connectivity index (χ3v) is 4.88. The number of carbonyl (C=O) groups excluding carboxylic acids is 1. The van der Waals surface area contributed by atoms with Gasteiger partial charge in [0.2, 0.25) is 0 Å². The average Bonchev–Trinajstić information content (AvgIpc) is 3.19. The Kier molecular flexibility index (Phi) is 5.67. The molecule has 1 heterocycles. The minimum Gasteiger partial charge on any atom is -0.465 e. The molecule has 1 saturated heterocycles. The van der Waals surface area contributed by atoms with Gasteiger partial charge < -0.3 is 4.74 Å². The number of nitrogens with one attached hydrogen (secondary N) is 1. The highest BCUT2D eigenvalue weighted by Gasteiger charge is 2.53. The molecule has 0 aromatic rings. The van der Waals surface area contributed by atoms with E-state index in [1.54, 1.807) is 0 Å². The van der Waals surface area contributed by atoms with Gasteiger partial charge in [0, 0.05) is 18.6 Å². The molecule has 4 nitrogen and oxygen atoms in total. The summed E-state index contributed by atoms with van der Waals surface area (Å²) < 4.78 is 5.46. The lowest BCUT2D eigenvalue weighted by Gasteiger charge is -2.39. The van der Waals surface area contributed by atoms with Crippen molar-refractivity contribution >= 4 is 5.97 Å². The third-order valence-electron chi connectivity index (χ3n) is 4.88.